The van der Waals surface area contributed by atoms with E-state index in [1.807, 2.05) is 0 Å². The first-order valence-electron chi connectivity index (χ1n) is 5.46. The number of ether oxygens (including phenoxy) is 1. The highest BCUT2D eigenvalue weighted by molar-refractivity contribution is 6.30. The van der Waals surface area contributed by atoms with E-state index in [1.54, 1.807) is 12.1 Å². The summed E-state index contributed by atoms with van der Waals surface area (Å²) in [5.41, 5.74) is 6.68. The van der Waals surface area contributed by atoms with Gasteiger partial charge in [-0.1, -0.05) is 17.7 Å². The van der Waals surface area contributed by atoms with E-state index in [1.165, 1.54) is 6.07 Å². The van der Waals surface area contributed by atoms with Crippen molar-refractivity contribution in [2.24, 2.45) is 5.73 Å². The molecule has 0 aromatic heterocycles. The van der Waals surface area contributed by atoms with Gasteiger partial charge < -0.3 is 10.5 Å². The molecule has 0 aliphatic heterocycles. The van der Waals surface area contributed by atoms with Crippen LogP contribution in [-0.2, 0) is 11.3 Å². The van der Waals surface area contributed by atoms with E-state index in [-0.39, 0.29) is 17.2 Å². The molecule has 2 N–H and O–H groups in total. The Morgan fingerprint density at radius 1 is 1.44 bits per heavy atom. The maximum Gasteiger partial charge on any atom is 0.141 e. The summed E-state index contributed by atoms with van der Waals surface area (Å²) in [5.74, 6) is -0.395. The lowest BCUT2D eigenvalue weighted by molar-refractivity contribution is 0.0448. The fourth-order valence-electron chi connectivity index (χ4n) is 1.97. The zero-order valence-electron chi connectivity index (χ0n) is 8.96. The molecule has 1 aliphatic rings. The Kier molecular flexibility index (Phi) is 3.79. The third kappa shape index (κ3) is 2.94. The molecule has 0 heterocycles. The van der Waals surface area contributed by atoms with Gasteiger partial charge in [-0.05, 0) is 37.0 Å². The van der Waals surface area contributed by atoms with E-state index >= 15 is 0 Å². The minimum atomic E-state index is -0.395. The molecule has 1 aromatic carbocycles. The van der Waals surface area contributed by atoms with Gasteiger partial charge in [0.2, 0.25) is 0 Å². The summed E-state index contributed by atoms with van der Waals surface area (Å²) in [6.07, 6.45) is 3.18. The number of nitrogens with two attached hydrogens (primary N) is 1. The molecule has 0 spiro atoms. The summed E-state index contributed by atoms with van der Waals surface area (Å²) in [6, 6.07) is 4.92. The monoisotopic (exact) mass is 243 g/mol. The van der Waals surface area contributed by atoms with Crippen molar-refractivity contribution in [3.8, 4) is 0 Å². The highest BCUT2D eigenvalue weighted by atomic mass is 35.5. The van der Waals surface area contributed by atoms with E-state index in [4.69, 9.17) is 22.1 Å². The Hall–Kier alpha value is -0.640. The summed E-state index contributed by atoms with van der Waals surface area (Å²) in [7, 11) is 0. The summed E-state index contributed by atoms with van der Waals surface area (Å²) < 4.78 is 18.6. The maximum absolute atomic E-state index is 12.9. The molecule has 16 heavy (non-hydrogen) atoms. The predicted molar refractivity (Wildman–Crippen MR) is 61.8 cm³/mol. The second-order valence-electron chi connectivity index (χ2n) is 4.25. The fraction of sp³-hybridized carbons (Fsp3) is 0.500. The number of halogens is 2. The fourth-order valence-corrected chi connectivity index (χ4v) is 2.17. The third-order valence-corrected chi connectivity index (χ3v) is 3.18. The number of benzene rings is 1. The Balaban J connectivity index is 1.87. The molecule has 88 valence electrons. The van der Waals surface area contributed by atoms with Crippen LogP contribution in [0.5, 0.6) is 0 Å². The smallest absolute Gasteiger partial charge is 0.141 e. The normalized spacial score (nSPS) is 24.9. The lowest BCUT2D eigenvalue weighted by Crippen LogP contribution is -2.17. The van der Waals surface area contributed by atoms with Crippen LogP contribution in [0.4, 0.5) is 4.39 Å². The van der Waals surface area contributed by atoms with Crippen LogP contribution in [0.1, 0.15) is 24.8 Å². The first kappa shape index (κ1) is 11.8. The molecular weight excluding hydrogens is 229 g/mol. The minimum absolute atomic E-state index is 0.143. The molecule has 2 atom stereocenters. The molecule has 1 aromatic rings. The van der Waals surface area contributed by atoms with Gasteiger partial charge >= 0.3 is 0 Å². The van der Waals surface area contributed by atoms with Gasteiger partial charge in [0.15, 0.2) is 0 Å². The zero-order chi connectivity index (χ0) is 11.5. The first-order valence-corrected chi connectivity index (χ1v) is 5.84. The van der Waals surface area contributed by atoms with E-state index in [0.717, 1.165) is 24.8 Å². The van der Waals surface area contributed by atoms with Crippen LogP contribution in [0.2, 0.25) is 5.02 Å². The Labute approximate surface area is 99.5 Å². The second-order valence-corrected chi connectivity index (χ2v) is 4.66. The lowest BCUT2D eigenvalue weighted by Gasteiger charge is -2.11. The van der Waals surface area contributed by atoms with Crippen molar-refractivity contribution in [3.63, 3.8) is 0 Å². The molecule has 0 bridgehead atoms. The topological polar surface area (TPSA) is 35.2 Å². The van der Waals surface area contributed by atoms with Gasteiger partial charge in [-0.25, -0.2) is 4.39 Å². The molecule has 1 fully saturated rings. The van der Waals surface area contributed by atoms with E-state index in [0.29, 0.717) is 6.61 Å². The van der Waals surface area contributed by atoms with Crippen LogP contribution < -0.4 is 5.73 Å². The highest BCUT2D eigenvalue weighted by Gasteiger charge is 2.22. The van der Waals surface area contributed by atoms with Crippen LogP contribution in [0.25, 0.3) is 0 Å². The van der Waals surface area contributed by atoms with Crippen molar-refractivity contribution in [2.75, 3.05) is 0 Å². The van der Waals surface area contributed by atoms with Crippen LogP contribution >= 0.6 is 11.6 Å². The van der Waals surface area contributed by atoms with E-state index < -0.39 is 5.82 Å². The Morgan fingerprint density at radius 3 is 2.88 bits per heavy atom. The van der Waals surface area contributed by atoms with Crippen molar-refractivity contribution in [1.82, 2.24) is 0 Å². The van der Waals surface area contributed by atoms with Crippen molar-refractivity contribution in [1.29, 1.82) is 0 Å². The Bertz CT molecular complexity index is 372. The van der Waals surface area contributed by atoms with Gasteiger partial charge in [-0.3, -0.25) is 0 Å². The molecule has 4 heteroatoms. The molecular formula is C12H15ClFNO. The van der Waals surface area contributed by atoms with E-state index in [9.17, 15) is 4.39 Å². The van der Waals surface area contributed by atoms with Crippen molar-refractivity contribution >= 4 is 11.6 Å². The van der Waals surface area contributed by atoms with Gasteiger partial charge in [0.25, 0.3) is 0 Å². The standard InChI is InChI=1S/C12H15ClFNO/c13-11-5-8(1-4-12(11)14)7-16-10-3-2-9(15)6-10/h1,4-5,9-10H,2-3,6-7,15H2. The van der Waals surface area contributed by atoms with E-state index in [2.05, 4.69) is 0 Å². The molecule has 1 aliphatic carbocycles. The number of hydrogen-bond acceptors (Lipinski definition) is 2. The SMILES string of the molecule is NC1CCC(OCc2ccc(F)c(Cl)c2)C1. The average molecular weight is 244 g/mol. The maximum atomic E-state index is 12.9. The third-order valence-electron chi connectivity index (χ3n) is 2.89. The number of rotatable bonds is 3. The molecule has 2 rings (SSSR count). The number of hydrogen-bond donors (Lipinski definition) is 1. The van der Waals surface area contributed by atoms with Gasteiger partial charge in [-0.15, -0.1) is 0 Å². The van der Waals surface area contributed by atoms with Gasteiger partial charge in [0.1, 0.15) is 5.82 Å². The van der Waals surface area contributed by atoms with Crippen molar-refractivity contribution in [2.45, 2.75) is 38.0 Å². The lowest BCUT2D eigenvalue weighted by atomic mass is 10.2. The summed E-state index contributed by atoms with van der Waals surface area (Å²) in [6.45, 7) is 0.470. The van der Waals surface area contributed by atoms with Gasteiger partial charge in [0.05, 0.1) is 17.7 Å². The largest absolute Gasteiger partial charge is 0.373 e. The average Bonchev–Trinajstić information content (AvgIpc) is 2.66. The van der Waals surface area contributed by atoms with Crippen LogP contribution in [0, 0.1) is 5.82 Å². The summed E-state index contributed by atoms with van der Waals surface area (Å²) in [5, 5.41) is 0.143. The van der Waals surface area contributed by atoms with Gasteiger partial charge in [-0.2, -0.15) is 0 Å². The molecule has 0 saturated heterocycles. The first-order chi connectivity index (χ1) is 7.65. The molecule has 2 unspecified atom stereocenters. The predicted octanol–water partition coefficient (Wildman–Crippen LogP) is 2.88. The molecule has 0 amide bonds. The molecule has 2 nitrogen and oxygen atoms in total. The van der Waals surface area contributed by atoms with Gasteiger partial charge in [0, 0.05) is 6.04 Å². The van der Waals surface area contributed by atoms with Crippen molar-refractivity contribution in [3.05, 3.63) is 34.6 Å². The second kappa shape index (κ2) is 5.13. The Morgan fingerprint density at radius 2 is 2.25 bits per heavy atom. The minimum Gasteiger partial charge on any atom is -0.373 e. The summed E-state index contributed by atoms with van der Waals surface area (Å²) in [4.78, 5) is 0. The highest BCUT2D eigenvalue weighted by Crippen LogP contribution is 2.22. The van der Waals surface area contributed by atoms with Crippen LogP contribution in [0.3, 0.4) is 0 Å². The van der Waals surface area contributed by atoms with Crippen LogP contribution in [0.15, 0.2) is 18.2 Å². The van der Waals surface area contributed by atoms with Crippen molar-refractivity contribution < 1.29 is 9.13 Å². The van der Waals surface area contributed by atoms with Crippen LogP contribution in [-0.4, -0.2) is 12.1 Å². The molecule has 1 saturated carbocycles. The zero-order valence-corrected chi connectivity index (χ0v) is 9.71. The summed E-state index contributed by atoms with van der Waals surface area (Å²) >= 11 is 5.68. The molecule has 0 radical (unpaired) electrons. The quantitative estimate of drug-likeness (QED) is 0.886.